The Morgan fingerprint density at radius 1 is 1.39 bits per heavy atom. The van der Waals surface area contributed by atoms with Crippen LogP contribution in [0.1, 0.15) is 20.8 Å². The monoisotopic (exact) mass is 260 g/mol. The summed E-state index contributed by atoms with van der Waals surface area (Å²) >= 11 is 0. The number of nitrogens with one attached hydrogen (secondary N) is 1. The van der Waals surface area contributed by atoms with E-state index in [-0.39, 0.29) is 6.04 Å². The van der Waals surface area contributed by atoms with Crippen LogP contribution in [0.15, 0.2) is 0 Å². The summed E-state index contributed by atoms with van der Waals surface area (Å²) in [5.74, 6) is -0.501. The van der Waals surface area contributed by atoms with Crippen molar-refractivity contribution < 1.29 is 24.2 Å². The summed E-state index contributed by atoms with van der Waals surface area (Å²) in [7, 11) is 1.40. The number of hydrogen-bond donors (Lipinski definition) is 2. The molecular formula is C11H20N2O5. The standard InChI is InChI=1S/C11H20N2O5/c1-11(2,3)18-9(14)8(17-4)12-7-5-13(6-7)10(15)16/h7-8,12H,5-6H2,1-4H3,(H,15,16). The average Bonchev–Trinajstić information content (AvgIpc) is 2.12. The second-order valence-electron chi connectivity index (χ2n) is 5.20. The highest BCUT2D eigenvalue weighted by Crippen LogP contribution is 2.12. The minimum absolute atomic E-state index is 0.0847. The fraction of sp³-hybridized carbons (Fsp3) is 0.818. The molecule has 0 spiro atoms. The number of carbonyl (C=O) groups excluding carboxylic acids is 1. The van der Waals surface area contributed by atoms with Crippen molar-refractivity contribution in [2.24, 2.45) is 0 Å². The summed E-state index contributed by atoms with van der Waals surface area (Å²) in [6.45, 7) is 6.00. The lowest BCUT2D eigenvalue weighted by atomic mass is 10.1. The number of rotatable bonds is 4. The Morgan fingerprint density at radius 2 is 1.94 bits per heavy atom. The van der Waals surface area contributed by atoms with Gasteiger partial charge in [0.05, 0.1) is 0 Å². The molecule has 0 aromatic heterocycles. The quantitative estimate of drug-likeness (QED) is 0.556. The van der Waals surface area contributed by atoms with E-state index < -0.39 is 23.9 Å². The number of esters is 1. The SMILES string of the molecule is COC(NC1CN(C(=O)O)C1)C(=O)OC(C)(C)C. The second-order valence-corrected chi connectivity index (χ2v) is 5.20. The molecular weight excluding hydrogens is 240 g/mol. The molecule has 7 nitrogen and oxygen atoms in total. The van der Waals surface area contributed by atoms with Gasteiger partial charge in [0.25, 0.3) is 0 Å². The van der Waals surface area contributed by atoms with Crippen molar-refractivity contribution in [1.29, 1.82) is 0 Å². The number of ether oxygens (including phenoxy) is 2. The molecule has 1 unspecified atom stereocenters. The molecule has 1 aliphatic rings. The highest BCUT2D eigenvalue weighted by molar-refractivity contribution is 5.74. The van der Waals surface area contributed by atoms with Gasteiger partial charge in [0.15, 0.2) is 0 Å². The number of carboxylic acid groups (broad SMARTS) is 1. The van der Waals surface area contributed by atoms with Gasteiger partial charge in [0.2, 0.25) is 6.23 Å². The highest BCUT2D eigenvalue weighted by atomic mass is 16.6. The van der Waals surface area contributed by atoms with Gasteiger partial charge in [0, 0.05) is 26.2 Å². The van der Waals surface area contributed by atoms with Crippen molar-refractivity contribution in [3.05, 3.63) is 0 Å². The first-order valence-electron chi connectivity index (χ1n) is 5.72. The van der Waals surface area contributed by atoms with Crippen LogP contribution in [0, 0.1) is 0 Å². The fourth-order valence-corrected chi connectivity index (χ4v) is 1.54. The van der Waals surface area contributed by atoms with Crippen molar-refractivity contribution in [3.8, 4) is 0 Å². The van der Waals surface area contributed by atoms with Crippen LogP contribution < -0.4 is 5.32 Å². The van der Waals surface area contributed by atoms with Gasteiger partial charge in [-0.3, -0.25) is 5.32 Å². The minimum Gasteiger partial charge on any atom is -0.465 e. The molecule has 1 rings (SSSR count). The third kappa shape index (κ3) is 4.15. The lowest BCUT2D eigenvalue weighted by Crippen LogP contribution is -2.63. The molecule has 1 saturated heterocycles. The van der Waals surface area contributed by atoms with E-state index in [2.05, 4.69) is 5.32 Å². The number of nitrogens with zero attached hydrogens (tertiary/aromatic N) is 1. The van der Waals surface area contributed by atoms with Gasteiger partial charge in [-0.05, 0) is 20.8 Å². The zero-order valence-corrected chi connectivity index (χ0v) is 11.1. The number of methoxy groups -OCH3 is 1. The molecule has 0 bridgehead atoms. The number of amides is 1. The fourth-order valence-electron chi connectivity index (χ4n) is 1.54. The zero-order valence-electron chi connectivity index (χ0n) is 11.1. The Morgan fingerprint density at radius 3 is 2.33 bits per heavy atom. The maximum Gasteiger partial charge on any atom is 0.407 e. The van der Waals surface area contributed by atoms with Gasteiger partial charge < -0.3 is 19.5 Å². The van der Waals surface area contributed by atoms with E-state index in [1.165, 1.54) is 12.0 Å². The van der Waals surface area contributed by atoms with Crippen molar-refractivity contribution in [2.45, 2.75) is 38.6 Å². The Hall–Kier alpha value is -1.34. The zero-order chi connectivity index (χ0) is 13.9. The Kier molecular flexibility index (Phi) is 4.53. The highest BCUT2D eigenvalue weighted by Gasteiger charge is 2.34. The van der Waals surface area contributed by atoms with Gasteiger partial charge in [0.1, 0.15) is 5.60 Å². The van der Waals surface area contributed by atoms with Gasteiger partial charge in [-0.1, -0.05) is 0 Å². The van der Waals surface area contributed by atoms with Crippen LogP contribution >= 0.6 is 0 Å². The van der Waals surface area contributed by atoms with Gasteiger partial charge in [-0.2, -0.15) is 0 Å². The van der Waals surface area contributed by atoms with Crippen LogP contribution in [-0.4, -0.2) is 60.1 Å². The summed E-state index contributed by atoms with van der Waals surface area (Å²) in [4.78, 5) is 23.6. The molecule has 1 aliphatic heterocycles. The van der Waals surface area contributed by atoms with E-state index in [1.54, 1.807) is 20.8 Å². The van der Waals surface area contributed by atoms with Crippen LogP contribution in [0.25, 0.3) is 0 Å². The molecule has 0 aliphatic carbocycles. The molecule has 7 heteroatoms. The van der Waals surface area contributed by atoms with E-state index >= 15 is 0 Å². The Bertz CT molecular complexity index is 320. The molecule has 0 aromatic carbocycles. The number of carbonyl (C=O) groups is 2. The molecule has 1 heterocycles. The molecule has 104 valence electrons. The topological polar surface area (TPSA) is 88.1 Å². The van der Waals surface area contributed by atoms with Gasteiger partial charge in [-0.25, -0.2) is 9.59 Å². The van der Waals surface area contributed by atoms with Crippen molar-refractivity contribution >= 4 is 12.1 Å². The van der Waals surface area contributed by atoms with Gasteiger partial charge >= 0.3 is 12.1 Å². The molecule has 1 fully saturated rings. The number of likely N-dealkylation sites (tertiary alicyclic amines) is 1. The average molecular weight is 260 g/mol. The molecule has 1 amide bonds. The predicted octanol–water partition coefficient (Wildman–Crippen LogP) is 0.252. The second kappa shape index (κ2) is 5.53. The smallest absolute Gasteiger partial charge is 0.407 e. The van der Waals surface area contributed by atoms with E-state index in [0.717, 1.165) is 0 Å². The minimum atomic E-state index is -0.959. The number of hydrogen-bond acceptors (Lipinski definition) is 5. The van der Waals surface area contributed by atoms with Crippen LogP contribution in [0.4, 0.5) is 4.79 Å². The molecule has 1 atom stereocenters. The lowest BCUT2D eigenvalue weighted by Gasteiger charge is -2.39. The molecule has 0 saturated carbocycles. The van der Waals surface area contributed by atoms with E-state index in [4.69, 9.17) is 14.6 Å². The summed E-state index contributed by atoms with van der Waals surface area (Å²) in [5.41, 5.74) is -0.581. The van der Waals surface area contributed by atoms with Gasteiger partial charge in [-0.15, -0.1) is 0 Å². The molecule has 2 N–H and O–H groups in total. The van der Waals surface area contributed by atoms with Crippen LogP contribution in [-0.2, 0) is 14.3 Å². The van der Waals surface area contributed by atoms with Crippen LogP contribution in [0.2, 0.25) is 0 Å². The summed E-state index contributed by atoms with van der Waals surface area (Å²) in [6, 6.07) is -0.0847. The lowest BCUT2D eigenvalue weighted by molar-refractivity contribution is -0.170. The van der Waals surface area contributed by atoms with Crippen molar-refractivity contribution in [3.63, 3.8) is 0 Å². The normalized spacial score (nSPS) is 18.1. The summed E-state index contributed by atoms with van der Waals surface area (Å²) in [6.07, 6.45) is -1.83. The molecule has 0 radical (unpaired) electrons. The van der Waals surface area contributed by atoms with E-state index in [1.807, 2.05) is 0 Å². The third-order valence-electron chi connectivity index (χ3n) is 2.40. The Balaban J connectivity index is 2.39. The van der Waals surface area contributed by atoms with Crippen LogP contribution in [0.5, 0.6) is 0 Å². The van der Waals surface area contributed by atoms with Crippen molar-refractivity contribution in [1.82, 2.24) is 10.2 Å². The maximum atomic E-state index is 11.7. The summed E-state index contributed by atoms with van der Waals surface area (Å²) < 4.78 is 10.2. The maximum absolute atomic E-state index is 11.7. The molecule has 0 aromatic rings. The first kappa shape index (κ1) is 14.7. The predicted molar refractivity (Wildman–Crippen MR) is 63.2 cm³/mol. The van der Waals surface area contributed by atoms with Crippen LogP contribution in [0.3, 0.4) is 0 Å². The summed E-state index contributed by atoms with van der Waals surface area (Å²) in [5, 5.41) is 11.6. The first-order chi connectivity index (χ1) is 8.23. The third-order valence-corrected chi connectivity index (χ3v) is 2.40. The van der Waals surface area contributed by atoms with Crippen molar-refractivity contribution in [2.75, 3.05) is 20.2 Å². The first-order valence-corrected chi connectivity index (χ1v) is 5.72. The largest absolute Gasteiger partial charge is 0.465 e. The van der Waals surface area contributed by atoms with E-state index in [0.29, 0.717) is 13.1 Å². The Labute approximate surface area is 106 Å². The molecule has 18 heavy (non-hydrogen) atoms. The van der Waals surface area contributed by atoms with E-state index in [9.17, 15) is 9.59 Å².